The highest BCUT2D eigenvalue weighted by molar-refractivity contribution is 7.98. The van der Waals surface area contributed by atoms with E-state index in [-0.39, 0.29) is 10.6 Å². The molecule has 1 amide bonds. The number of carbonyl (C=O) groups is 1. The molecule has 0 aliphatic carbocycles. The lowest BCUT2D eigenvalue weighted by atomic mass is 10.3. The number of nitro benzene ring substituents is 1. The molecular formula is C8H5F3N2O3S. The highest BCUT2D eigenvalue weighted by Crippen LogP contribution is 2.21. The molecule has 0 unspecified atom stereocenters. The molecule has 1 N–H and O–H groups in total. The van der Waals surface area contributed by atoms with E-state index in [0.717, 1.165) is 12.1 Å². The van der Waals surface area contributed by atoms with Crippen molar-refractivity contribution in [3.63, 3.8) is 0 Å². The number of alkyl halides is 3. The van der Waals surface area contributed by atoms with Gasteiger partial charge in [0.25, 0.3) is 5.69 Å². The Morgan fingerprint density at radius 3 is 2.24 bits per heavy atom. The molecule has 0 radical (unpaired) electrons. The number of nitrogens with one attached hydrogen (secondary N) is 1. The molecule has 0 aliphatic rings. The van der Waals surface area contributed by atoms with Crippen molar-refractivity contribution < 1.29 is 22.9 Å². The summed E-state index contributed by atoms with van der Waals surface area (Å²) in [6, 6.07) is 4.73. The van der Waals surface area contributed by atoms with Gasteiger partial charge in [0.1, 0.15) is 0 Å². The summed E-state index contributed by atoms with van der Waals surface area (Å²) in [5.74, 6) is -2.08. The second kappa shape index (κ2) is 5.04. The maximum absolute atomic E-state index is 11.8. The van der Waals surface area contributed by atoms with Crippen LogP contribution in [0.4, 0.5) is 18.9 Å². The van der Waals surface area contributed by atoms with Gasteiger partial charge in [-0.15, -0.1) is 0 Å². The summed E-state index contributed by atoms with van der Waals surface area (Å²) >= 11 is 0.434. The first-order valence-corrected chi connectivity index (χ1v) is 4.91. The van der Waals surface area contributed by atoms with Gasteiger partial charge in [0, 0.05) is 17.0 Å². The third kappa shape index (κ3) is 3.94. The Hall–Kier alpha value is -1.77. The molecule has 9 heteroatoms. The third-order valence-corrected chi connectivity index (χ3v) is 2.36. The lowest BCUT2D eigenvalue weighted by Crippen LogP contribution is -2.32. The molecule has 0 atom stereocenters. The van der Waals surface area contributed by atoms with Gasteiger partial charge in [-0.3, -0.25) is 19.6 Å². The van der Waals surface area contributed by atoms with Crippen LogP contribution in [-0.2, 0) is 4.79 Å². The van der Waals surface area contributed by atoms with Crippen molar-refractivity contribution in [3.05, 3.63) is 34.4 Å². The highest BCUT2D eigenvalue weighted by Gasteiger charge is 2.38. The molecule has 0 bridgehead atoms. The summed E-state index contributed by atoms with van der Waals surface area (Å²) < 4.78 is 37.0. The molecule has 0 saturated heterocycles. The fourth-order valence-corrected chi connectivity index (χ4v) is 1.40. The van der Waals surface area contributed by atoms with Crippen molar-refractivity contribution >= 4 is 23.5 Å². The molecule has 92 valence electrons. The third-order valence-electron chi connectivity index (χ3n) is 1.57. The van der Waals surface area contributed by atoms with Gasteiger partial charge in [-0.1, -0.05) is 0 Å². The van der Waals surface area contributed by atoms with E-state index in [4.69, 9.17) is 0 Å². The minimum atomic E-state index is -4.95. The van der Waals surface area contributed by atoms with Crippen molar-refractivity contribution in [3.8, 4) is 0 Å². The quantitative estimate of drug-likeness (QED) is 0.517. The fraction of sp³-hybridized carbons (Fsp3) is 0.125. The van der Waals surface area contributed by atoms with Crippen LogP contribution in [0.15, 0.2) is 29.2 Å². The van der Waals surface area contributed by atoms with Crippen LogP contribution in [0.3, 0.4) is 0 Å². The van der Waals surface area contributed by atoms with E-state index in [1.807, 2.05) is 0 Å². The number of nitro groups is 1. The monoisotopic (exact) mass is 266 g/mol. The minimum Gasteiger partial charge on any atom is -0.288 e. The average Bonchev–Trinajstić information content (AvgIpc) is 2.25. The van der Waals surface area contributed by atoms with Crippen LogP contribution in [0.1, 0.15) is 0 Å². The van der Waals surface area contributed by atoms with Crippen molar-refractivity contribution in [2.45, 2.75) is 11.1 Å². The van der Waals surface area contributed by atoms with Gasteiger partial charge in [0.05, 0.1) is 4.92 Å². The molecule has 1 aromatic rings. The van der Waals surface area contributed by atoms with Crippen LogP contribution in [0.5, 0.6) is 0 Å². The maximum atomic E-state index is 11.8. The number of non-ortho nitro benzene ring substituents is 1. The van der Waals surface area contributed by atoms with Crippen LogP contribution in [0.25, 0.3) is 0 Å². The van der Waals surface area contributed by atoms with E-state index in [0.29, 0.717) is 11.9 Å². The first kappa shape index (κ1) is 13.3. The summed E-state index contributed by atoms with van der Waals surface area (Å²) in [6.45, 7) is 0. The first-order chi connectivity index (χ1) is 7.80. The Balaban J connectivity index is 2.59. The molecule has 0 fully saturated rings. The maximum Gasteiger partial charge on any atom is 0.472 e. The van der Waals surface area contributed by atoms with Crippen LogP contribution in [0.2, 0.25) is 0 Å². The summed E-state index contributed by atoms with van der Waals surface area (Å²) in [5, 5.41) is 10.3. The summed E-state index contributed by atoms with van der Waals surface area (Å²) in [7, 11) is 0. The van der Waals surface area contributed by atoms with Crippen LogP contribution < -0.4 is 4.72 Å². The molecule has 17 heavy (non-hydrogen) atoms. The molecule has 0 aliphatic heterocycles. The van der Waals surface area contributed by atoms with Crippen LogP contribution in [-0.4, -0.2) is 17.0 Å². The Bertz CT molecular complexity index is 433. The van der Waals surface area contributed by atoms with E-state index >= 15 is 0 Å². The van der Waals surface area contributed by atoms with Crippen molar-refractivity contribution in [2.75, 3.05) is 0 Å². The Labute approximate surface area is 97.3 Å². The van der Waals surface area contributed by atoms with Gasteiger partial charge in [0.15, 0.2) is 0 Å². The van der Waals surface area contributed by atoms with Gasteiger partial charge < -0.3 is 0 Å². The predicted molar refractivity (Wildman–Crippen MR) is 53.2 cm³/mol. The molecule has 1 aromatic carbocycles. The van der Waals surface area contributed by atoms with E-state index in [1.54, 1.807) is 4.72 Å². The molecule has 0 aromatic heterocycles. The van der Waals surface area contributed by atoms with Gasteiger partial charge in [-0.2, -0.15) is 13.2 Å². The van der Waals surface area contributed by atoms with Crippen LogP contribution in [0, 0.1) is 10.1 Å². The molecular weight excluding hydrogens is 261 g/mol. The lowest BCUT2D eigenvalue weighted by Gasteiger charge is -2.06. The smallest absolute Gasteiger partial charge is 0.288 e. The number of hydrogen-bond acceptors (Lipinski definition) is 4. The molecule has 0 saturated carbocycles. The van der Waals surface area contributed by atoms with Crippen molar-refractivity contribution in [2.24, 2.45) is 0 Å². The zero-order valence-electron chi connectivity index (χ0n) is 8.02. The van der Waals surface area contributed by atoms with E-state index < -0.39 is 17.0 Å². The molecule has 1 rings (SSSR count). The minimum absolute atomic E-state index is 0.184. The summed E-state index contributed by atoms with van der Waals surface area (Å²) in [4.78, 5) is 20.4. The average molecular weight is 266 g/mol. The number of carbonyl (C=O) groups excluding carboxylic acids is 1. The summed E-state index contributed by atoms with van der Waals surface area (Å²) in [5.41, 5.74) is -0.184. The van der Waals surface area contributed by atoms with Crippen LogP contribution >= 0.6 is 11.9 Å². The summed E-state index contributed by atoms with van der Waals surface area (Å²) in [6.07, 6.45) is -4.95. The van der Waals surface area contributed by atoms with Crippen molar-refractivity contribution in [1.82, 2.24) is 4.72 Å². The fourth-order valence-electron chi connectivity index (χ4n) is 0.799. The van der Waals surface area contributed by atoms with Gasteiger partial charge in [-0.05, 0) is 24.1 Å². The second-order valence-corrected chi connectivity index (χ2v) is 3.66. The largest absolute Gasteiger partial charge is 0.472 e. The van der Waals surface area contributed by atoms with Gasteiger partial charge >= 0.3 is 12.1 Å². The van der Waals surface area contributed by atoms with E-state index in [1.165, 1.54) is 12.1 Å². The van der Waals surface area contributed by atoms with E-state index in [2.05, 4.69) is 0 Å². The number of amides is 1. The van der Waals surface area contributed by atoms with Gasteiger partial charge in [-0.25, -0.2) is 0 Å². The van der Waals surface area contributed by atoms with Crippen molar-refractivity contribution in [1.29, 1.82) is 0 Å². The molecule has 0 spiro atoms. The zero-order valence-corrected chi connectivity index (χ0v) is 8.84. The SMILES string of the molecule is O=C(NSc1ccc([N+](=O)[O-])cc1)C(F)(F)F. The van der Waals surface area contributed by atoms with E-state index in [9.17, 15) is 28.1 Å². The number of rotatable bonds is 3. The van der Waals surface area contributed by atoms with Gasteiger partial charge in [0.2, 0.25) is 0 Å². The Morgan fingerprint density at radius 1 is 1.29 bits per heavy atom. The molecule has 5 nitrogen and oxygen atoms in total. The first-order valence-electron chi connectivity index (χ1n) is 4.09. The zero-order chi connectivity index (χ0) is 13.1. The number of nitrogens with zero attached hydrogens (tertiary/aromatic N) is 1. The number of benzene rings is 1. The topological polar surface area (TPSA) is 72.2 Å². The highest BCUT2D eigenvalue weighted by atomic mass is 32.2. The standard InChI is InChI=1S/C8H5F3N2O3S/c9-8(10,11)7(14)12-17-6-3-1-5(2-4-6)13(15)16/h1-4H,(H,12,14). The Kier molecular flexibility index (Phi) is 3.94. The lowest BCUT2D eigenvalue weighted by molar-refractivity contribution is -0.384. The normalized spacial score (nSPS) is 11.0. The second-order valence-electron chi connectivity index (χ2n) is 2.78. The Morgan fingerprint density at radius 2 is 1.82 bits per heavy atom. The molecule has 0 heterocycles. The predicted octanol–water partition coefficient (Wildman–Crippen LogP) is 2.28. The number of halogens is 3. The number of hydrogen-bond donors (Lipinski definition) is 1.